The first-order valence-electron chi connectivity index (χ1n) is 11.4. The van der Waals surface area contributed by atoms with Gasteiger partial charge < -0.3 is 32.3 Å². The van der Waals surface area contributed by atoms with Gasteiger partial charge in [0.05, 0.1) is 22.8 Å². The lowest BCUT2D eigenvalue weighted by atomic mass is 10.1. The van der Waals surface area contributed by atoms with E-state index in [1.807, 2.05) is 30.3 Å². The highest BCUT2D eigenvalue weighted by Gasteiger charge is 2.22. The predicted octanol–water partition coefficient (Wildman–Crippen LogP) is 0.623. The molecule has 0 aliphatic carbocycles. The van der Waals surface area contributed by atoms with Crippen LogP contribution in [0.4, 0.5) is 0 Å². The Morgan fingerprint density at radius 1 is 0.969 bits per heavy atom. The lowest BCUT2D eigenvalue weighted by Crippen LogP contribution is -2.47. The first-order valence-corrected chi connectivity index (χ1v) is 11.8. The van der Waals surface area contributed by atoms with Crippen molar-refractivity contribution >= 4 is 23.1 Å². The third kappa shape index (κ3) is 6.38. The van der Waals surface area contributed by atoms with Crippen molar-refractivity contribution in [2.45, 2.75) is 6.92 Å². The van der Waals surface area contributed by atoms with Crippen molar-refractivity contribution in [3.63, 3.8) is 0 Å². The van der Waals surface area contributed by atoms with E-state index in [2.05, 4.69) is 31.9 Å². The minimum atomic E-state index is 0.331. The molecule has 2 aliphatic rings. The predicted molar refractivity (Wildman–Crippen MR) is 134 cm³/mol. The standard InChI is InChI=1S/C23H37ClN8/c1-2-30-14-16-31(17-15-30)11-10-29-22(26)19(23(27)32-12-8-28-9-13-32)20(24)21(25)18-6-4-3-5-7-18/h3-7,28H,2,8-17,25,27H2,1H3,(H2,26,29)/b21-20+,23-19?. The van der Waals surface area contributed by atoms with Crippen molar-refractivity contribution < 1.29 is 0 Å². The minimum absolute atomic E-state index is 0.331. The molecule has 2 saturated heterocycles. The van der Waals surface area contributed by atoms with Gasteiger partial charge in [-0.1, -0.05) is 48.9 Å². The second-order valence-corrected chi connectivity index (χ2v) is 8.51. The smallest absolute Gasteiger partial charge is 0.130 e. The third-order valence-electron chi connectivity index (χ3n) is 6.12. The van der Waals surface area contributed by atoms with Crippen LogP contribution in [0.1, 0.15) is 12.5 Å². The van der Waals surface area contributed by atoms with Crippen LogP contribution in [-0.2, 0) is 0 Å². The summed E-state index contributed by atoms with van der Waals surface area (Å²) in [5, 5.41) is 3.67. The second kappa shape index (κ2) is 12.1. The van der Waals surface area contributed by atoms with E-state index in [0.29, 0.717) is 34.5 Å². The maximum Gasteiger partial charge on any atom is 0.130 e. The number of nitrogens with one attached hydrogen (secondary N) is 1. The number of nitrogens with two attached hydrogens (primary N) is 3. The number of rotatable bonds is 8. The van der Waals surface area contributed by atoms with Gasteiger partial charge in [0.25, 0.3) is 0 Å². The normalized spacial score (nSPS) is 20.7. The second-order valence-electron chi connectivity index (χ2n) is 8.13. The number of nitrogens with zero attached hydrogens (tertiary/aromatic N) is 4. The van der Waals surface area contributed by atoms with Crippen molar-refractivity contribution in [2.75, 3.05) is 72.0 Å². The van der Waals surface area contributed by atoms with Crippen molar-refractivity contribution in [3.05, 3.63) is 52.3 Å². The van der Waals surface area contributed by atoms with Crippen molar-refractivity contribution in [2.24, 2.45) is 22.2 Å². The van der Waals surface area contributed by atoms with Crippen LogP contribution in [0.15, 0.2) is 51.8 Å². The summed E-state index contributed by atoms with van der Waals surface area (Å²) in [7, 11) is 0. The first-order chi connectivity index (χ1) is 15.5. The van der Waals surface area contributed by atoms with Gasteiger partial charge >= 0.3 is 0 Å². The zero-order valence-electron chi connectivity index (χ0n) is 19.1. The largest absolute Gasteiger partial charge is 0.397 e. The molecule has 0 saturated carbocycles. The molecule has 0 radical (unpaired) electrons. The maximum absolute atomic E-state index is 6.80. The van der Waals surface area contributed by atoms with Crippen LogP contribution < -0.4 is 22.5 Å². The summed E-state index contributed by atoms with van der Waals surface area (Å²) in [6.45, 7) is 12.3. The molecule has 9 heteroatoms. The van der Waals surface area contributed by atoms with Gasteiger partial charge in [-0.25, -0.2) is 0 Å². The molecular formula is C23H37ClN8. The number of hydrogen-bond donors (Lipinski definition) is 4. The molecule has 7 N–H and O–H groups in total. The molecule has 8 nitrogen and oxygen atoms in total. The molecular weight excluding hydrogens is 424 g/mol. The molecule has 0 spiro atoms. The van der Waals surface area contributed by atoms with E-state index < -0.39 is 0 Å². The summed E-state index contributed by atoms with van der Waals surface area (Å²) in [6.07, 6.45) is 0. The molecule has 176 valence electrons. The molecule has 2 fully saturated rings. The molecule has 1 aromatic rings. The minimum Gasteiger partial charge on any atom is -0.397 e. The topological polar surface area (TPSA) is 112 Å². The monoisotopic (exact) mass is 460 g/mol. The van der Waals surface area contributed by atoms with Crippen LogP contribution in [0.2, 0.25) is 0 Å². The molecule has 0 bridgehead atoms. The fourth-order valence-electron chi connectivity index (χ4n) is 4.02. The van der Waals surface area contributed by atoms with E-state index in [4.69, 9.17) is 28.8 Å². The summed E-state index contributed by atoms with van der Waals surface area (Å²) in [6, 6.07) is 9.61. The Bertz CT molecular complexity index is 822. The first kappa shape index (κ1) is 24.4. The van der Waals surface area contributed by atoms with E-state index in [9.17, 15) is 0 Å². The zero-order chi connectivity index (χ0) is 22.9. The Labute approximate surface area is 196 Å². The Balaban J connectivity index is 1.81. The molecule has 3 rings (SSSR count). The van der Waals surface area contributed by atoms with Gasteiger partial charge in [0, 0.05) is 58.9 Å². The van der Waals surface area contributed by atoms with Gasteiger partial charge in [0.1, 0.15) is 11.7 Å². The molecule has 0 aromatic heterocycles. The number of halogens is 1. The van der Waals surface area contributed by atoms with Crippen molar-refractivity contribution in [3.8, 4) is 0 Å². The summed E-state index contributed by atoms with van der Waals surface area (Å²) in [5.41, 5.74) is 21.3. The van der Waals surface area contributed by atoms with E-state index in [1.54, 1.807) is 0 Å². The van der Waals surface area contributed by atoms with Crippen LogP contribution in [0, 0.1) is 0 Å². The van der Waals surface area contributed by atoms with Gasteiger partial charge in [0.15, 0.2) is 0 Å². The lowest BCUT2D eigenvalue weighted by molar-refractivity contribution is 0.140. The number of amidine groups is 1. The number of benzene rings is 1. The summed E-state index contributed by atoms with van der Waals surface area (Å²) < 4.78 is 0. The van der Waals surface area contributed by atoms with Crippen LogP contribution in [0.3, 0.4) is 0 Å². The van der Waals surface area contributed by atoms with Crippen LogP contribution in [-0.4, -0.2) is 92.5 Å². The molecule has 1 aromatic carbocycles. The van der Waals surface area contributed by atoms with Crippen LogP contribution in [0.5, 0.6) is 0 Å². The van der Waals surface area contributed by atoms with Crippen LogP contribution >= 0.6 is 11.6 Å². The quantitative estimate of drug-likeness (QED) is 0.255. The number of aliphatic imine (C=N–C) groups is 1. The summed E-state index contributed by atoms with van der Waals surface area (Å²) in [4.78, 5) is 11.6. The summed E-state index contributed by atoms with van der Waals surface area (Å²) >= 11 is 6.80. The van der Waals surface area contributed by atoms with Gasteiger partial charge in [0.2, 0.25) is 0 Å². The number of hydrogen-bond acceptors (Lipinski definition) is 7. The number of piperazine rings is 2. The SMILES string of the molecule is CCN1CCN(CCN=C(N)C(=C(N)N2CCNCC2)/C(Cl)=C(\N)c2ccccc2)CC1. The fourth-order valence-corrected chi connectivity index (χ4v) is 4.32. The van der Waals surface area contributed by atoms with Gasteiger partial charge in [-0.15, -0.1) is 0 Å². The molecule has 0 atom stereocenters. The molecule has 2 aliphatic heterocycles. The van der Waals surface area contributed by atoms with Crippen LogP contribution in [0.25, 0.3) is 5.70 Å². The highest BCUT2D eigenvalue weighted by Crippen LogP contribution is 2.26. The molecule has 32 heavy (non-hydrogen) atoms. The third-order valence-corrected chi connectivity index (χ3v) is 6.51. The number of likely N-dealkylation sites (N-methyl/N-ethyl adjacent to an activating group) is 1. The Hall–Kier alpha value is -2.26. The maximum atomic E-state index is 6.80. The molecule has 2 heterocycles. The van der Waals surface area contributed by atoms with E-state index >= 15 is 0 Å². The van der Waals surface area contributed by atoms with Gasteiger partial charge in [-0.2, -0.15) is 0 Å². The average Bonchev–Trinajstić information content (AvgIpc) is 2.85. The van der Waals surface area contributed by atoms with E-state index in [-0.39, 0.29) is 0 Å². The zero-order valence-corrected chi connectivity index (χ0v) is 19.8. The van der Waals surface area contributed by atoms with Gasteiger partial charge in [-0.3, -0.25) is 9.89 Å². The average molecular weight is 461 g/mol. The van der Waals surface area contributed by atoms with E-state index in [1.165, 1.54) is 0 Å². The Morgan fingerprint density at radius 2 is 1.59 bits per heavy atom. The molecule has 0 unspecified atom stereocenters. The fraction of sp³-hybridized carbons (Fsp3) is 0.522. The van der Waals surface area contributed by atoms with E-state index in [0.717, 1.165) is 71.0 Å². The van der Waals surface area contributed by atoms with Crippen molar-refractivity contribution in [1.29, 1.82) is 0 Å². The van der Waals surface area contributed by atoms with Gasteiger partial charge in [-0.05, 0) is 12.1 Å². The summed E-state index contributed by atoms with van der Waals surface area (Å²) in [5.74, 6) is 0.852. The molecule has 0 amide bonds. The lowest BCUT2D eigenvalue weighted by Gasteiger charge is -2.33. The van der Waals surface area contributed by atoms with Crippen molar-refractivity contribution in [1.82, 2.24) is 20.0 Å². The Morgan fingerprint density at radius 3 is 2.22 bits per heavy atom. The Kier molecular flexibility index (Phi) is 9.23. The highest BCUT2D eigenvalue weighted by molar-refractivity contribution is 6.38. The highest BCUT2D eigenvalue weighted by atomic mass is 35.5.